The smallest absolute Gasteiger partial charge is 0.142 e. The van der Waals surface area contributed by atoms with Crippen LogP contribution in [0.15, 0.2) is 21.5 Å². The van der Waals surface area contributed by atoms with E-state index in [4.69, 9.17) is 11.6 Å². The number of halogens is 3. The molecule has 0 radical (unpaired) electrons. The van der Waals surface area contributed by atoms with Crippen LogP contribution in [0, 0.1) is 5.82 Å². The van der Waals surface area contributed by atoms with Crippen LogP contribution in [0.1, 0.15) is 5.56 Å². The lowest BCUT2D eigenvalue weighted by atomic mass is 10.2. The van der Waals surface area contributed by atoms with Crippen molar-refractivity contribution in [2.75, 3.05) is 6.26 Å². The van der Waals surface area contributed by atoms with E-state index in [1.165, 1.54) is 11.8 Å². The molecule has 0 aliphatic rings. The number of hydrogen-bond acceptors (Lipinski definition) is 1. The van der Waals surface area contributed by atoms with Crippen molar-refractivity contribution in [2.24, 2.45) is 0 Å². The van der Waals surface area contributed by atoms with Crippen molar-refractivity contribution in [1.29, 1.82) is 0 Å². The van der Waals surface area contributed by atoms with Crippen molar-refractivity contribution in [1.82, 2.24) is 0 Å². The van der Waals surface area contributed by atoms with Crippen molar-refractivity contribution in [2.45, 2.75) is 10.8 Å². The second-order valence-corrected chi connectivity index (χ2v) is 4.15. The molecule has 0 aliphatic carbocycles. The molecular weight excluding hydrogens is 263 g/mol. The van der Waals surface area contributed by atoms with Crippen molar-refractivity contribution in [3.05, 3.63) is 28.0 Å². The monoisotopic (exact) mass is 268 g/mol. The molecule has 0 saturated carbocycles. The Hall–Kier alpha value is 0.270. The third-order valence-electron chi connectivity index (χ3n) is 1.51. The Labute approximate surface area is 88.6 Å². The fraction of sp³-hybridized carbons (Fsp3) is 0.250. The van der Waals surface area contributed by atoms with E-state index in [1.54, 1.807) is 6.07 Å². The summed E-state index contributed by atoms with van der Waals surface area (Å²) in [7, 11) is 0. The van der Waals surface area contributed by atoms with Crippen LogP contribution in [0.25, 0.3) is 0 Å². The third kappa shape index (κ3) is 1.95. The van der Waals surface area contributed by atoms with E-state index in [-0.39, 0.29) is 11.7 Å². The topological polar surface area (TPSA) is 0 Å². The molecule has 0 heterocycles. The maximum absolute atomic E-state index is 13.3. The predicted molar refractivity (Wildman–Crippen MR) is 55.4 cm³/mol. The summed E-state index contributed by atoms with van der Waals surface area (Å²) in [5.41, 5.74) is 0.568. The van der Waals surface area contributed by atoms with Gasteiger partial charge in [0.05, 0.1) is 10.4 Å². The van der Waals surface area contributed by atoms with Gasteiger partial charge in [0.1, 0.15) is 5.82 Å². The van der Waals surface area contributed by atoms with E-state index in [0.29, 0.717) is 10.0 Å². The maximum Gasteiger partial charge on any atom is 0.142 e. The van der Waals surface area contributed by atoms with Gasteiger partial charge < -0.3 is 0 Å². The van der Waals surface area contributed by atoms with Crippen LogP contribution in [0.4, 0.5) is 4.39 Å². The second-order valence-electron chi connectivity index (χ2n) is 2.18. The molecule has 0 bridgehead atoms. The molecule has 12 heavy (non-hydrogen) atoms. The number of rotatable bonds is 2. The molecule has 0 nitrogen and oxygen atoms in total. The van der Waals surface area contributed by atoms with E-state index in [1.807, 2.05) is 12.3 Å². The summed E-state index contributed by atoms with van der Waals surface area (Å²) < 4.78 is 13.8. The molecule has 0 N–H and O–H groups in total. The Morgan fingerprint density at radius 3 is 2.75 bits per heavy atom. The Balaban J connectivity index is 3.25. The largest absolute Gasteiger partial charge is 0.205 e. The second kappa shape index (κ2) is 4.49. The van der Waals surface area contributed by atoms with Gasteiger partial charge in [-0.3, -0.25) is 0 Å². The summed E-state index contributed by atoms with van der Waals surface area (Å²) >= 11 is 10.2. The van der Waals surface area contributed by atoms with E-state index in [0.717, 1.165) is 4.90 Å². The highest BCUT2D eigenvalue weighted by molar-refractivity contribution is 9.10. The highest BCUT2D eigenvalue weighted by Crippen LogP contribution is 2.29. The first-order chi connectivity index (χ1) is 5.70. The molecule has 0 aromatic heterocycles. The van der Waals surface area contributed by atoms with E-state index >= 15 is 0 Å². The highest BCUT2D eigenvalue weighted by atomic mass is 79.9. The minimum atomic E-state index is -0.253. The molecule has 0 aliphatic heterocycles. The average molecular weight is 270 g/mol. The molecule has 1 aromatic carbocycles. The zero-order valence-electron chi connectivity index (χ0n) is 6.40. The molecule has 0 fully saturated rings. The molecule has 0 spiro atoms. The van der Waals surface area contributed by atoms with Crippen LogP contribution < -0.4 is 0 Å². The molecule has 4 heteroatoms. The highest BCUT2D eigenvalue weighted by Gasteiger charge is 2.09. The van der Waals surface area contributed by atoms with Gasteiger partial charge in [0.25, 0.3) is 0 Å². The molecule has 1 rings (SSSR count). The van der Waals surface area contributed by atoms with Gasteiger partial charge in [-0.05, 0) is 34.3 Å². The summed E-state index contributed by atoms with van der Waals surface area (Å²) in [6.45, 7) is 0. The number of thioether (sulfide) groups is 1. The molecular formula is C8H7BrClFS. The van der Waals surface area contributed by atoms with Crippen molar-refractivity contribution in [3.63, 3.8) is 0 Å². The molecule has 0 unspecified atom stereocenters. The van der Waals surface area contributed by atoms with Crippen LogP contribution >= 0.6 is 39.3 Å². The first-order valence-electron chi connectivity index (χ1n) is 3.27. The average Bonchev–Trinajstić information content (AvgIpc) is 2.09. The molecule has 0 amide bonds. The van der Waals surface area contributed by atoms with Gasteiger partial charge in [0.15, 0.2) is 0 Å². The van der Waals surface area contributed by atoms with Crippen LogP contribution in [0.5, 0.6) is 0 Å². The van der Waals surface area contributed by atoms with E-state index < -0.39 is 0 Å². The summed E-state index contributed by atoms with van der Waals surface area (Å²) in [5.74, 6) is -0.0431. The summed E-state index contributed by atoms with van der Waals surface area (Å²) in [6.07, 6.45) is 1.90. The molecule has 1 aromatic rings. The lowest BCUT2D eigenvalue weighted by Gasteiger charge is -2.06. The molecule has 0 saturated heterocycles. The van der Waals surface area contributed by atoms with E-state index in [2.05, 4.69) is 15.9 Å². The number of alkyl halides is 1. The Morgan fingerprint density at radius 2 is 2.25 bits per heavy atom. The Morgan fingerprint density at radius 1 is 1.58 bits per heavy atom. The maximum atomic E-state index is 13.3. The normalized spacial score (nSPS) is 10.3. The molecule has 66 valence electrons. The number of benzene rings is 1. The minimum Gasteiger partial charge on any atom is -0.205 e. The first-order valence-corrected chi connectivity index (χ1v) is 5.82. The van der Waals surface area contributed by atoms with Gasteiger partial charge >= 0.3 is 0 Å². The van der Waals surface area contributed by atoms with E-state index in [9.17, 15) is 4.39 Å². The quantitative estimate of drug-likeness (QED) is 0.576. The Bertz CT molecular complexity index is 291. The zero-order chi connectivity index (χ0) is 9.14. The predicted octanol–water partition coefficient (Wildman–Crippen LogP) is 4.05. The summed E-state index contributed by atoms with van der Waals surface area (Å²) in [5, 5.41) is 0. The Kier molecular flexibility index (Phi) is 3.87. The first kappa shape index (κ1) is 10.4. The standard InChI is InChI=1S/C8H7BrClFS/c1-12-7-3-2-6(9)8(11)5(7)4-10/h2-3H,4H2,1H3. The van der Waals surface area contributed by atoms with Crippen LogP contribution in [-0.4, -0.2) is 6.26 Å². The van der Waals surface area contributed by atoms with Gasteiger partial charge in [-0.15, -0.1) is 23.4 Å². The lowest BCUT2D eigenvalue weighted by molar-refractivity contribution is 0.605. The van der Waals surface area contributed by atoms with Gasteiger partial charge in [0.2, 0.25) is 0 Å². The van der Waals surface area contributed by atoms with Crippen LogP contribution in [-0.2, 0) is 5.88 Å². The summed E-state index contributed by atoms with van der Waals surface area (Å²) in [4.78, 5) is 0.894. The summed E-state index contributed by atoms with van der Waals surface area (Å²) in [6, 6.07) is 3.55. The van der Waals surface area contributed by atoms with Gasteiger partial charge in [-0.25, -0.2) is 4.39 Å². The minimum absolute atomic E-state index is 0.210. The fourth-order valence-corrected chi connectivity index (χ4v) is 2.21. The van der Waals surface area contributed by atoms with Crippen molar-refractivity contribution < 1.29 is 4.39 Å². The van der Waals surface area contributed by atoms with Crippen molar-refractivity contribution >= 4 is 39.3 Å². The molecule has 0 atom stereocenters. The third-order valence-corrected chi connectivity index (χ3v) is 3.21. The van der Waals surface area contributed by atoms with Gasteiger partial charge in [-0.2, -0.15) is 0 Å². The fourth-order valence-electron chi connectivity index (χ4n) is 0.891. The zero-order valence-corrected chi connectivity index (χ0v) is 9.56. The number of hydrogen-bond donors (Lipinski definition) is 0. The van der Waals surface area contributed by atoms with Crippen LogP contribution in [0.2, 0.25) is 0 Å². The van der Waals surface area contributed by atoms with Gasteiger partial charge in [0, 0.05) is 10.5 Å². The van der Waals surface area contributed by atoms with Crippen molar-refractivity contribution in [3.8, 4) is 0 Å². The van der Waals surface area contributed by atoms with Gasteiger partial charge in [-0.1, -0.05) is 0 Å². The lowest BCUT2D eigenvalue weighted by Crippen LogP contribution is -1.90. The van der Waals surface area contributed by atoms with Crippen LogP contribution in [0.3, 0.4) is 0 Å². The SMILES string of the molecule is CSc1ccc(Br)c(F)c1CCl.